The highest BCUT2D eigenvalue weighted by molar-refractivity contribution is 7.91. The van der Waals surface area contributed by atoms with E-state index in [1.807, 2.05) is 20.0 Å². The van der Waals surface area contributed by atoms with E-state index < -0.39 is 9.84 Å². The molecule has 2 atom stereocenters. The second kappa shape index (κ2) is 5.83. The van der Waals surface area contributed by atoms with Gasteiger partial charge in [-0.3, -0.25) is 9.80 Å². The van der Waals surface area contributed by atoms with Crippen LogP contribution in [-0.2, 0) is 16.4 Å². The van der Waals surface area contributed by atoms with Gasteiger partial charge < -0.3 is 4.74 Å². The van der Waals surface area contributed by atoms with Crippen LogP contribution < -0.4 is 4.74 Å². The lowest BCUT2D eigenvalue weighted by atomic mass is 10.0. The molecule has 0 amide bonds. The van der Waals surface area contributed by atoms with E-state index in [2.05, 4.69) is 21.9 Å². The molecule has 2 saturated heterocycles. The molecule has 5 nitrogen and oxygen atoms in total. The Labute approximate surface area is 132 Å². The van der Waals surface area contributed by atoms with Crippen molar-refractivity contribution >= 4 is 9.84 Å². The van der Waals surface area contributed by atoms with E-state index in [4.69, 9.17) is 4.74 Å². The maximum atomic E-state index is 12.0. The number of piperazine rings is 1. The van der Waals surface area contributed by atoms with Crippen LogP contribution in [0.4, 0.5) is 0 Å². The molecule has 0 aliphatic carbocycles. The summed E-state index contributed by atoms with van der Waals surface area (Å²) >= 11 is 0. The van der Waals surface area contributed by atoms with Crippen LogP contribution in [0.25, 0.3) is 0 Å². The van der Waals surface area contributed by atoms with Gasteiger partial charge in [0.15, 0.2) is 9.84 Å². The lowest BCUT2D eigenvalue weighted by molar-refractivity contribution is 0.0568. The van der Waals surface area contributed by atoms with E-state index in [9.17, 15) is 8.42 Å². The van der Waals surface area contributed by atoms with Gasteiger partial charge in [0.2, 0.25) is 0 Å². The molecule has 1 aromatic carbocycles. The highest BCUT2D eigenvalue weighted by Crippen LogP contribution is 2.29. The Balaban J connectivity index is 1.83. The SMILES string of the molecule is COc1cc(C)ccc1CN1CCN(C)[C@H]2CS(=O)(=O)C[C@H]21. The Kier molecular flexibility index (Phi) is 4.18. The van der Waals surface area contributed by atoms with Crippen LogP contribution >= 0.6 is 0 Å². The number of methoxy groups -OCH3 is 1. The summed E-state index contributed by atoms with van der Waals surface area (Å²) in [4.78, 5) is 4.50. The van der Waals surface area contributed by atoms with Gasteiger partial charge in [-0.05, 0) is 25.6 Å². The molecule has 2 heterocycles. The highest BCUT2D eigenvalue weighted by atomic mass is 32.2. The second-order valence-electron chi connectivity index (χ2n) is 6.48. The Bertz CT molecular complexity index is 659. The first-order chi connectivity index (χ1) is 10.4. The van der Waals surface area contributed by atoms with Gasteiger partial charge in [0.05, 0.1) is 18.6 Å². The van der Waals surface area contributed by atoms with E-state index in [1.165, 1.54) is 5.56 Å². The van der Waals surface area contributed by atoms with Crippen LogP contribution in [0.3, 0.4) is 0 Å². The Morgan fingerprint density at radius 2 is 1.95 bits per heavy atom. The van der Waals surface area contributed by atoms with Crippen molar-refractivity contribution in [2.24, 2.45) is 0 Å². The number of benzene rings is 1. The molecular weight excluding hydrogens is 300 g/mol. The number of likely N-dealkylation sites (N-methyl/N-ethyl adjacent to an activating group) is 1. The van der Waals surface area contributed by atoms with Crippen LogP contribution in [0.2, 0.25) is 0 Å². The maximum Gasteiger partial charge on any atom is 0.153 e. The Hall–Kier alpha value is -1.11. The van der Waals surface area contributed by atoms with Crippen molar-refractivity contribution < 1.29 is 13.2 Å². The maximum absolute atomic E-state index is 12.0. The minimum Gasteiger partial charge on any atom is -0.496 e. The van der Waals surface area contributed by atoms with Crippen molar-refractivity contribution in [2.45, 2.75) is 25.6 Å². The molecule has 0 unspecified atom stereocenters. The van der Waals surface area contributed by atoms with E-state index in [1.54, 1.807) is 7.11 Å². The smallest absolute Gasteiger partial charge is 0.153 e. The van der Waals surface area contributed by atoms with Crippen LogP contribution in [-0.4, -0.2) is 69.1 Å². The molecule has 0 bridgehead atoms. The van der Waals surface area contributed by atoms with Gasteiger partial charge in [0.1, 0.15) is 5.75 Å². The molecule has 0 N–H and O–H groups in total. The van der Waals surface area contributed by atoms with Gasteiger partial charge in [0, 0.05) is 37.3 Å². The van der Waals surface area contributed by atoms with Gasteiger partial charge in [-0.1, -0.05) is 12.1 Å². The van der Waals surface area contributed by atoms with Crippen LogP contribution in [0.1, 0.15) is 11.1 Å². The van der Waals surface area contributed by atoms with E-state index in [0.717, 1.165) is 30.9 Å². The Morgan fingerprint density at radius 1 is 1.23 bits per heavy atom. The summed E-state index contributed by atoms with van der Waals surface area (Å²) in [5, 5.41) is 0. The van der Waals surface area contributed by atoms with E-state index >= 15 is 0 Å². The summed E-state index contributed by atoms with van der Waals surface area (Å²) in [6, 6.07) is 6.42. The summed E-state index contributed by atoms with van der Waals surface area (Å²) in [7, 11) is 0.792. The van der Waals surface area contributed by atoms with Gasteiger partial charge in [-0.2, -0.15) is 0 Å². The van der Waals surface area contributed by atoms with Crippen LogP contribution in [0.15, 0.2) is 18.2 Å². The molecule has 2 fully saturated rings. The number of fused-ring (bicyclic) bond motifs is 1. The number of nitrogens with zero attached hydrogens (tertiary/aromatic N) is 2. The summed E-state index contributed by atoms with van der Waals surface area (Å²) in [6.07, 6.45) is 0. The number of ether oxygens (including phenoxy) is 1. The first-order valence-electron chi connectivity index (χ1n) is 7.68. The minimum absolute atomic E-state index is 0.0924. The van der Waals surface area contributed by atoms with E-state index in [-0.39, 0.29) is 23.6 Å². The molecule has 1 aromatic rings. The fraction of sp³-hybridized carbons (Fsp3) is 0.625. The quantitative estimate of drug-likeness (QED) is 0.827. The lowest BCUT2D eigenvalue weighted by Crippen LogP contribution is -2.57. The first kappa shape index (κ1) is 15.8. The average molecular weight is 324 g/mol. The molecule has 0 spiro atoms. The molecule has 22 heavy (non-hydrogen) atoms. The first-order valence-corrected chi connectivity index (χ1v) is 9.50. The van der Waals surface area contributed by atoms with Crippen molar-refractivity contribution in [1.29, 1.82) is 0 Å². The van der Waals surface area contributed by atoms with Crippen LogP contribution in [0.5, 0.6) is 5.75 Å². The van der Waals surface area contributed by atoms with Crippen molar-refractivity contribution in [3.8, 4) is 5.75 Å². The predicted octanol–water partition coefficient (Wildman–Crippen LogP) is 0.917. The molecule has 0 radical (unpaired) electrons. The average Bonchev–Trinajstić information content (AvgIpc) is 2.80. The zero-order valence-electron chi connectivity index (χ0n) is 13.4. The molecule has 6 heteroatoms. The molecule has 2 aliphatic rings. The van der Waals surface area contributed by atoms with Gasteiger partial charge in [0.25, 0.3) is 0 Å². The molecule has 2 aliphatic heterocycles. The summed E-state index contributed by atoms with van der Waals surface area (Å²) in [5.74, 6) is 1.45. The number of rotatable bonds is 3. The monoisotopic (exact) mass is 324 g/mol. The van der Waals surface area contributed by atoms with Crippen LogP contribution in [0, 0.1) is 6.92 Å². The predicted molar refractivity (Wildman–Crippen MR) is 87.0 cm³/mol. The molecule has 3 rings (SSSR count). The fourth-order valence-electron chi connectivity index (χ4n) is 3.60. The van der Waals surface area contributed by atoms with Gasteiger partial charge >= 0.3 is 0 Å². The number of hydrogen-bond donors (Lipinski definition) is 0. The fourth-order valence-corrected chi connectivity index (χ4v) is 5.68. The molecule has 122 valence electrons. The third-order valence-electron chi connectivity index (χ3n) is 4.88. The van der Waals surface area contributed by atoms with Crippen molar-refractivity contribution in [3.05, 3.63) is 29.3 Å². The lowest BCUT2D eigenvalue weighted by Gasteiger charge is -2.42. The van der Waals surface area contributed by atoms with Gasteiger partial charge in [-0.15, -0.1) is 0 Å². The van der Waals surface area contributed by atoms with E-state index in [0.29, 0.717) is 0 Å². The van der Waals surface area contributed by atoms with Crippen molar-refractivity contribution in [2.75, 3.05) is 38.8 Å². The number of aryl methyl sites for hydroxylation is 1. The van der Waals surface area contributed by atoms with Gasteiger partial charge in [-0.25, -0.2) is 8.42 Å². The third-order valence-corrected chi connectivity index (χ3v) is 6.58. The minimum atomic E-state index is -2.92. The second-order valence-corrected chi connectivity index (χ2v) is 8.63. The topological polar surface area (TPSA) is 49.9 Å². The highest BCUT2D eigenvalue weighted by Gasteiger charge is 2.45. The van der Waals surface area contributed by atoms with Crippen molar-refractivity contribution in [3.63, 3.8) is 0 Å². The zero-order valence-corrected chi connectivity index (χ0v) is 14.3. The molecule has 0 saturated carbocycles. The summed E-state index contributed by atoms with van der Waals surface area (Å²) < 4.78 is 29.5. The zero-order chi connectivity index (χ0) is 15.9. The van der Waals surface area contributed by atoms with Crippen molar-refractivity contribution in [1.82, 2.24) is 9.80 Å². The Morgan fingerprint density at radius 3 is 2.68 bits per heavy atom. The largest absolute Gasteiger partial charge is 0.496 e. The normalized spacial score (nSPS) is 28.5. The molecule has 0 aromatic heterocycles. The molecular formula is C16H24N2O3S. The summed E-state index contributed by atoms with van der Waals surface area (Å²) in [5.41, 5.74) is 2.29. The summed E-state index contributed by atoms with van der Waals surface area (Å²) in [6.45, 7) is 4.59. The number of hydrogen-bond acceptors (Lipinski definition) is 5. The number of sulfone groups is 1. The third kappa shape index (κ3) is 3.00. The standard InChI is InChI=1S/C16H24N2O3S/c1-12-4-5-13(16(8-12)21-3)9-18-7-6-17(2)14-10-22(19,20)11-15(14)18/h4-5,8,14-15H,6-7,9-11H2,1-3H3/t14-,15+/m0/s1.